The van der Waals surface area contributed by atoms with Crippen molar-refractivity contribution in [2.75, 3.05) is 26.3 Å². The van der Waals surface area contributed by atoms with Crippen LogP contribution in [0.2, 0.25) is 5.02 Å². The van der Waals surface area contributed by atoms with Gasteiger partial charge in [-0.2, -0.15) is 5.10 Å². The number of para-hydroxylation sites is 1. The van der Waals surface area contributed by atoms with E-state index in [4.69, 9.17) is 21.1 Å². The van der Waals surface area contributed by atoms with Crippen LogP contribution in [0.5, 0.6) is 5.75 Å². The van der Waals surface area contributed by atoms with Crippen molar-refractivity contribution in [2.45, 2.75) is 19.1 Å². The fourth-order valence-electron chi connectivity index (χ4n) is 3.67. The quantitative estimate of drug-likeness (QED) is 0.533. The first kappa shape index (κ1) is 21.7. The molecule has 0 bridgehead atoms. The predicted octanol–water partition coefficient (Wildman–Crippen LogP) is 4.55. The van der Waals surface area contributed by atoms with Gasteiger partial charge in [0.1, 0.15) is 11.9 Å². The van der Waals surface area contributed by atoms with Crippen LogP contribution in [0.25, 0.3) is 0 Å². The summed E-state index contributed by atoms with van der Waals surface area (Å²) in [4.78, 5) is 2.21. The smallest absolute Gasteiger partial charge is 0.165 e. The molecule has 2 aromatic carbocycles. The average molecular weight is 448 g/mol. The first-order valence-electron chi connectivity index (χ1n) is 10.2. The van der Waals surface area contributed by atoms with E-state index in [1.807, 2.05) is 19.2 Å². The molecule has 1 unspecified atom stereocenters. The van der Waals surface area contributed by atoms with E-state index in [-0.39, 0.29) is 22.7 Å². The molecular formula is C23H24ClF2N3O2. The number of aromatic nitrogens is 2. The molecule has 1 fully saturated rings. The predicted molar refractivity (Wildman–Crippen MR) is 114 cm³/mol. The molecule has 1 saturated heterocycles. The number of hydrogen-bond donors (Lipinski definition) is 0. The van der Waals surface area contributed by atoms with Gasteiger partial charge in [0.2, 0.25) is 0 Å². The lowest BCUT2D eigenvalue weighted by Crippen LogP contribution is -2.38. The summed E-state index contributed by atoms with van der Waals surface area (Å²) in [6.45, 7) is 2.95. The molecule has 0 saturated carbocycles. The van der Waals surface area contributed by atoms with Gasteiger partial charge in [-0.25, -0.2) is 8.78 Å². The van der Waals surface area contributed by atoms with Crippen LogP contribution in [0.1, 0.15) is 23.1 Å². The summed E-state index contributed by atoms with van der Waals surface area (Å²) in [7, 11) is 1.87. The van der Waals surface area contributed by atoms with Crippen molar-refractivity contribution >= 4 is 11.6 Å². The largest absolute Gasteiger partial charge is 0.490 e. The van der Waals surface area contributed by atoms with Crippen LogP contribution in [0.15, 0.2) is 48.5 Å². The second kappa shape index (κ2) is 9.77. The van der Waals surface area contributed by atoms with Crippen LogP contribution in [-0.2, 0) is 24.8 Å². The Balaban J connectivity index is 1.35. The molecule has 164 valence electrons. The summed E-state index contributed by atoms with van der Waals surface area (Å²) in [5.74, 6) is -0.532. The lowest BCUT2D eigenvalue weighted by molar-refractivity contribution is -0.0352. The Hall–Kier alpha value is -2.48. The van der Waals surface area contributed by atoms with E-state index < -0.39 is 5.82 Å². The Morgan fingerprint density at radius 3 is 2.81 bits per heavy atom. The number of halogens is 3. The molecule has 0 radical (unpaired) electrons. The second-order valence-corrected chi connectivity index (χ2v) is 7.96. The minimum atomic E-state index is -0.407. The van der Waals surface area contributed by atoms with E-state index in [9.17, 15) is 8.78 Å². The van der Waals surface area contributed by atoms with Gasteiger partial charge in [0.25, 0.3) is 0 Å². The molecule has 1 aromatic heterocycles. The van der Waals surface area contributed by atoms with Crippen LogP contribution >= 0.6 is 11.6 Å². The minimum absolute atomic E-state index is 0.128. The highest BCUT2D eigenvalue weighted by Gasteiger charge is 2.25. The average Bonchev–Trinajstić information content (AvgIpc) is 3.13. The van der Waals surface area contributed by atoms with Crippen molar-refractivity contribution in [1.82, 2.24) is 14.7 Å². The molecule has 0 N–H and O–H groups in total. The third-order valence-corrected chi connectivity index (χ3v) is 5.63. The van der Waals surface area contributed by atoms with E-state index >= 15 is 0 Å². The summed E-state index contributed by atoms with van der Waals surface area (Å²) < 4.78 is 40.7. The van der Waals surface area contributed by atoms with Crippen LogP contribution in [-0.4, -0.2) is 41.0 Å². The van der Waals surface area contributed by atoms with Gasteiger partial charge in [-0.05, 0) is 35.9 Å². The third kappa shape index (κ3) is 5.42. The Morgan fingerprint density at radius 2 is 2.00 bits per heavy atom. The Kier molecular flexibility index (Phi) is 6.85. The van der Waals surface area contributed by atoms with Gasteiger partial charge >= 0.3 is 0 Å². The maximum Gasteiger partial charge on any atom is 0.165 e. The SMILES string of the molecule is Cn1nc(C2CN(Cc3ccc(Cl)c(F)c3)CCO2)cc1CCOc1ccccc1F. The highest BCUT2D eigenvalue weighted by molar-refractivity contribution is 6.30. The minimum Gasteiger partial charge on any atom is -0.490 e. The lowest BCUT2D eigenvalue weighted by atomic mass is 10.1. The van der Waals surface area contributed by atoms with E-state index in [1.54, 1.807) is 28.9 Å². The van der Waals surface area contributed by atoms with E-state index in [0.717, 1.165) is 23.5 Å². The van der Waals surface area contributed by atoms with Gasteiger partial charge in [-0.3, -0.25) is 9.58 Å². The Labute approximate surface area is 185 Å². The molecule has 0 aliphatic carbocycles. The molecule has 3 aromatic rings. The normalized spacial score (nSPS) is 17.1. The summed E-state index contributed by atoms with van der Waals surface area (Å²) in [6, 6.07) is 13.3. The van der Waals surface area contributed by atoms with Crippen molar-refractivity contribution in [3.63, 3.8) is 0 Å². The molecule has 1 aliphatic rings. The fraction of sp³-hybridized carbons (Fsp3) is 0.348. The van der Waals surface area contributed by atoms with Crippen molar-refractivity contribution in [1.29, 1.82) is 0 Å². The summed E-state index contributed by atoms with van der Waals surface area (Å²) >= 11 is 5.78. The van der Waals surface area contributed by atoms with Crippen molar-refractivity contribution < 1.29 is 18.3 Å². The highest BCUT2D eigenvalue weighted by Crippen LogP contribution is 2.24. The van der Waals surface area contributed by atoms with E-state index in [1.165, 1.54) is 12.1 Å². The zero-order valence-electron chi connectivity index (χ0n) is 17.2. The molecule has 0 spiro atoms. The number of ether oxygens (including phenoxy) is 2. The maximum atomic E-state index is 13.7. The first-order valence-corrected chi connectivity index (χ1v) is 10.6. The van der Waals surface area contributed by atoms with Crippen LogP contribution in [0, 0.1) is 11.6 Å². The lowest BCUT2D eigenvalue weighted by Gasteiger charge is -2.32. The van der Waals surface area contributed by atoms with Crippen LogP contribution < -0.4 is 4.74 Å². The summed E-state index contributed by atoms with van der Waals surface area (Å²) in [6.07, 6.45) is 0.427. The van der Waals surface area contributed by atoms with Crippen LogP contribution in [0.4, 0.5) is 8.78 Å². The fourth-order valence-corrected chi connectivity index (χ4v) is 3.79. The number of hydrogen-bond acceptors (Lipinski definition) is 4. The van der Waals surface area contributed by atoms with Crippen molar-refractivity contribution in [3.05, 3.63) is 82.1 Å². The number of nitrogens with zero attached hydrogens (tertiary/aromatic N) is 3. The molecule has 5 nitrogen and oxygen atoms in total. The number of morpholine rings is 1. The maximum absolute atomic E-state index is 13.7. The monoisotopic (exact) mass is 447 g/mol. The van der Waals surface area contributed by atoms with Gasteiger partial charge in [0.15, 0.2) is 11.6 Å². The van der Waals surface area contributed by atoms with Crippen molar-refractivity contribution in [2.24, 2.45) is 7.05 Å². The molecule has 2 heterocycles. The van der Waals surface area contributed by atoms with Crippen molar-refractivity contribution in [3.8, 4) is 5.75 Å². The standard InChI is InChI=1S/C23H24ClF2N3O2/c1-28-17(8-10-30-22-5-3-2-4-19(22)25)13-21(27-28)23-15-29(9-11-31-23)14-16-6-7-18(24)20(26)12-16/h2-7,12-13,23H,8-11,14-15H2,1H3. The number of aryl methyl sites for hydroxylation is 1. The highest BCUT2D eigenvalue weighted by atomic mass is 35.5. The molecular weight excluding hydrogens is 424 g/mol. The van der Waals surface area contributed by atoms with Gasteiger partial charge in [0.05, 0.1) is 23.9 Å². The number of benzene rings is 2. The van der Waals surface area contributed by atoms with Gasteiger partial charge in [-0.1, -0.05) is 29.8 Å². The van der Waals surface area contributed by atoms with Gasteiger partial charge < -0.3 is 9.47 Å². The summed E-state index contributed by atoms with van der Waals surface area (Å²) in [5, 5.41) is 4.73. The van der Waals surface area contributed by atoms with Gasteiger partial charge in [0, 0.05) is 38.8 Å². The number of rotatable bonds is 7. The Morgan fingerprint density at radius 1 is 1.16 bits per heavy atom. The molecule has 0 amide bonds. The molecule has 1 aliphatic heterocycles. The topological polar surface area (TPSA) is 39.5 Å². The molecule has 8 heteroatoms. The molecule has 31 heavy (non-hydrogen) atoms. The van der Waals surface area contributed by atoms with Gasteiger partial charge in [-0.15, -0.1) is 0 Å². The first-order chi connectivity index (χ1) is 15.0. The van der Waals surface area contributed by atoms with E-state index in [2.05, 4.69) is 10.00 Å². The second-order valence-electron chi connectivity index (χ2n) is 7.56. The Bertz CT molecular complexity index is 1040. The molecule has 1 atom stereocenters. The zero-order chi connectivity index (χ0) is 21.8. The van der Waals surface area contributed by atoms with Crippen LogP contribution in [0.3, 0.4) is 0 Å². The van der Waals surface area contributed by atoms with E-state index in [0.29, 0.717) is 32.7 Å². The third-order valence-electron chi connectivity index (χ3n) is 5.32. The zero-order valence-corrected chi connectivity index (χ0v) is 18.0. The summed E-state index contributed by atoms with van der Waals surface area (Å²) in [5.41, 5.74) is 2.69. The molecule has 4 rings (SSSR count).